The van der Waals surface area contributed by atoms with Crippen LogP contribution in [0.5, 0.6) is 0 Å². The number of carbonyl (C=O) groups excluding carboxylic acids is 2. The Morgan fingerprint density at radius 1 is 1.53 bits per heavy atom. The summed E-state index contributed by atoms with van der Waals surface area (Å²) in [5.41, 5.74) is 7.20. The average Bonchev–Trinajstić information content (AvgIpc) is 2.85. The van der Waals surface area contributed by atoms with E-state index >= 15 is 0 Å². The number of amides is 3. The first-order valence-electron chi connectivity index (χ1n) is 6.06. The Hall–Kier alpha value is -2.31. The molecule has 19 heavy (non-hydrogen) atoms. The zero-order chi connectivity index (χ0) is 13.7. The molecular formula is C12H15N5O2. The van der Waals surface area contributed by atoms with Gasteiger partial charge >= 0.3 is 6.03 Å². The van der Waals surface area contributed by atoms with E-state index in [1.54, 1.807) is 27.6 Å². The van der Waals surface area contributed by atoms with Crippen LogP contribution in [-0.2, 0) is 0 Å². The highest BCUT2D eigenvalue weighted by Gasteiger charge is 2.38. The van der Waals surface area contributed by atoms with E-state index in [1.807, 2.05) is 13.0 Å². The molecule has 0 spiro atoms. The van der Waals surface area contributed by atoms with Gasteiger partial charge in [-0.1, -0.05) is 0 Å². The van der Waals surface area contributed by atoms with Gasteiger partial charge in [-0.3, -0.25) is 4.79 Å². The molecule has 2 bridgehead atoms. The molecule has 1 unspecified atom stereocenters. The van der Waals surface area contributed by atoms with Crippen LogP contribution < -0.4 is 5.73 Å². The van der Waals surface area contributed by atoms with E-state index < -0.39 is 5.91 Å². The molecule has 3 amide bonds. The lowest BCUT2D eigenvalue weighted by Gasteiger charge is -2.22. The number of rotatable bonds is 2. The number of primary amides is 1. The van der Waals surface area contributed by atoms with Crippen LogP contribution in [0.2, 0.25) is 0 Å². The van der Waals surface area contributed by atoms with Crippen LogP contribution in [0.1, 0.15) is 16.2 Å². The standard InChI is InChI=1S/C12H15N5O2/c1-7-3-10(11(13)18)14-17(7)9-4-8-5-16(6-9)12(19)15(8)2/h3-4,8H,5-6H2,1-2H3,(H2,13,18). The Morgan fingerprint density at radius 2 is 2.26 bits per heavy atom. The summed E-state index contributed by atoms with van der Waals surface area (Å²) in [5.74, 6) is -0.547. The van der Waals surface area contributed by atoms with Crippen LogP contribution in [0.25, 0.3) is 5.70 Å². The third-order valence-electron chi connectivity index (χ3n) is 3.63. The fourth-order valence-corrected chi connectivity index (χ4v) is 2.58. The van der Waals surface area contributed by atoms with Crippen molar-refractivity contribution in [1.29, 1.82) is 0 Å². The Morgan fingerprint density at radius 3 is 2.84 bits per heavy atom. The molecule has 3 rings (SSSR count). The normalized spacial score (nSPS) is 21.9. The summed E-state index contributed by atoms with van der Waals surface area (Å²) in [4.78, 5) is 26.5. The first kappa shape index (κ1) is 11.8. The lowest BCUT2D eigenvalue weighted by atomic mass is 10.2. The number of carbonyl (C=O) groups is 2. The van der Waals surface area contributed by atoms with Gasteiger partial charge in [0.25, 0.3) is 5.91 Å². The molecule has 1 fully saturated rings. The quantitative estimate of drug-likeness (QED) is 0.805. The lowest BCUT2D eigenvalue weighted by molar-refractivity contribution is 0.0995. The minimum absolute atomic E-state index is 0.0242. The Labute approximate surface area is 110 Å². The first-order valence-corrected chi connectivity index (χ1v) is 6.06. The third-order valence-corrected chi connectivity index (χ3v) is 3.63. The van der Waals surface area contributed by atoms with Crippen LogP contribution in [0, 0.1) is 6.92 Å². The smallest absolute Gasteiger partial charge is 0.320 e. The van der Waals surface area contributed by atoms with Gasteiger partial charge in [-0.05, 0) is 19.1 Å². The van der Waals surface area contributed by atoms with Gasteiger partial charge in [0.15, 0.2) is 5.69 Å². The second-order valence-electron chi connectivity index (χ2n) is 4.95. The van der Waals surface area contributed by atoms with E-state index in [9.17, 15) is 9.59 Å². The number of nitrogens with two attached hydrogens (primary N) is 1. The monoisotopic (exact) mass is 261 g/mol. The van der Waals surface area contributed by atoms with Crippen molar-refractivity contribution in [3.8, 4) is 0 Å². The maximum atomic E-state index is 11.9. The van der Waals surface area contributed by atoms with E-state index in [-0.39, 0.29) is 17.8 Å². The SMILES string of the molecule is Cc1cc(C(N)=O)nn1C1=CC2CN(C1)C(=O)N2C. The summed E-state index contributed by atoms with van der Waals surface area (Å²) in [5, 5.41) is 4.20. The van der Waals surface area contributed by atoms with Crippen LogP contribution >= 0.6 is 0 Å². The van der Waals surface area contributed by atoms with Crippen molar-refractivity contribution in [3.63, 3.8) is 0 Å². The molecule has 1 aromatic rings. The van der Waals surface area contributed by atoms with Gasteiger partial charge in [0, 0.05) is 19.3 Å². The average molecular weight is 261 g/mol. The number of hydrogen-bond acceptors (Lipinski definition) is 3. The van der Waals surface area contributed by atoms with E-state index in [0.717, 1.165) is 11.4 Å². The molecule has 1 saturated heterocycles. The molecule has 2 aliphatic heterocycles. The number of aryl methyl sites for hydroxylation is 1. The highest BCUT2D eigenvalue weighted by Crippen LogP contribution is 2.25. The Bertz CT molecular complexity index is 603. The second kappa shape index (κ2) is 3.84. The van der Waals surface area contributed by atoms with E-state index in [2.05, 4.69) is 5.10 Å². The zero-order valence-corrected chi connectivity index (χ0v) is 10.8. The van der Waals surface area contributed by atoms with Crippen molar-refractivity contribution in [2.75, 3.05) is 20.1 Å². The minimum Gasteiger partial charge on any atom is -0.364 e. The van der Waals surface area contributed by atoms with Gasteiger partial charge in [-0.25, -0.2) is 9.48 Å². The lowest BCUT2D eigenvalue weighted by Crippen LogP contribution is -2.32. The van der Waals surface area contributed by atoms with E-state index in [0.29, 0.717) is 13.1 Å². The largest absolute Gasteiger partial charge is 0.364 e. The van der Waals surface area contributed by atoms with E-state index in [1.165, 1.54) is 0 Å². The first-order chi connectivity index (χ1) is 8.97. The fraction of sp³-hybridized carbons (Fsp3) is 0.417. The topological polar surface area (TPSA) is 84.5 Å². The molecule has 1 aromatic heterocycles. The molecule has 2 aliphatic rings. The van der Waals surface area contributed by atoms with Gasteiger partial charge in [0.05, 0.1) is 18.3 Å². The van der Waals surface area contributed by atoms with Gasteiger partial charge < -0.3 is 15.5 Å². The van der Waals surface area contributed by atoms with Crippen molar-refractivity contribution in [2.45, 2.75) is 13.0 Å². The molecule has 0 saturated carbocycles. The molecule has 7 heteroatoms. The molecule has 2 N–H and O–H groups in total. The summed E-state index contributed by atoms with van der Waals surface area (Å²) >= 11 is 0. The van der Waals surface area contributed by atoms with Gasteiger partial charge in [-0.15, -0.1) is 0 Å². The molecule has 0 aromatic carbocycles. The van der Waals surface area contributed by atoms with Crippen molar-refractivity contribution in [3.05, 3.63) is 23.5 Å². The number of likely N-dealkylation sites (N-methyl/N-ethyl adjacent to an activating group) is 1. The zero-order valence-electron chi connectivity index (χ0n) is 10.8. The van der Waals surface area contributed by atoms with Crippen molar-refractivity contribution < 1.29 is 9.59 Å². The number of aromatic nitrogens is 2. The molecular weight excluding hydrogens is 246 g/mol. The summed E-state index contributed by atoms with van der Waals surface area (Å²) in [6, 6.07) is 1.74. The molecule has 0 radical (unpaired) electrons. The molecule has 100 valence electrons. The van der Waals surface area contributed by atoms with Crippen LogP contribution in [0.4, 0.5) is 4.79 Å². The molecule has 7 nitrogen and oxygen atoms in total. The van der Waals surface area contributed by atoms with Crippen molar-refractivity contribution in [1.82, 2.24) is 19.6 Å². The summed E-state index contributed by atoms with van der Waals surface area (Å²) in [6.45, 7) is 3.07. The molecule has 1 atom stereocenters. The summed E-state index contributed by atoms with van der Waals surface area (Å²) < 4.78 is 1.69. The maximum absolute atomic E-state index is 11.9. The highest BCUT2D eigenvalue weighted by molar-refractivity contribution is 5.91. The number of fused-ring (bicyclic) bond motifs is 2. The van der Waals surface area contributed by atoms with Crippen LogP contribution in [0.15, 0.2) is 12.1 Å². The van der Waals surface area contributed by atoms with Crippen LogP contribution in [0.3, 0.4) is 0 Å². The maximum Gasteiger partial charge on any atom is 0.320 e. The Balaban J connectivity index is 1.98. The van der Waals surface area contributed by atoms with Crippen LogP contribution in [-0.4, -0.2) is 57.7 Å². The number of urea groups is 1. The van der Waals surface area contributed by atoms with Gasteiger partial charge in [-0.2, -0.15) is 5.10 Å². The summed E-state index contributed by atoms with van der Waals surface area (Å²) in [7, 11) is 1.79. The third kappa shape index (κ3) is 1.69. The van der Waals surface area contributed by atoms with Crippen molar-refractivity contribution >= 4 is 17.6 Å². The predicted molar refractivity (Wildman–Crippen MR) is 68.3 cm³/mol. The van der Waals surface area contributed by atoms with E-state index in [4.69, 9.17) is 5.73 Å². The van der Waals surface area contributed by atoms with Gasteiger partial charge in [0.1, 0.15) is 0 Å². The van der Waals surface area contributed by atoms with Crippen molar-refractivity contribution in [2.24, 2.45) is 5.73 Å². The minimum atomic E-state index is -0.547. The predicted octanol–water partition coefficient (Wildman–Crippen LogP) is -0.119. The Kier molecular flexibility index (Phi) is 2.38. The summed E-state index contributed by atoms with van der Waals surface area (Å²) in [6.07, 6.45) is 2.02. The fourth-order valence-electron chi connectivity index (χ4n) is 2.58. The number of nitrogens with zero attached hydrogens (tertiary/aromatic N) is 4. The highest BCUT2D eigenvalue weighted by atomic mass is 16.2. The molecule has 0 aliphatic carbocycles. The number of hydrogen-bond donors (Lipinski definition) is 1. The second-order valence-corrected chi connectivity index (χ2v) is 4.95. The molecule has 3 heterocycles. The van der Waals surface area contributed by atoms with Gasteiger partial charge in [0.2, 0.25) is 0 Å².